The number of hydrogen-bond donors (Lipinski definition) is 0. The fourth-order valence-corrected chi connectivity index (χ4v) is 5.87. The van der Waals surface area contributed by atoms with Gasteiger partial charge in [0.2, 0.25) is 23.6 Å². The third kappa shape index (κ3) is 1.77. The molecule has 4 fully saturated rings. The number of benzene rings is 1. The normalized spacial score (nSPS) is 38.2. The Morgan fingerprint density at radius 1 is 0.731 bits per heavy atom. The van der Waals surface area contributed by atoms with E-state index < -0.39 is 0 Å². The maximum absolute atomic E-state index is 13.2. The molecule has 2 saturated carbocycles. The number of carbonyl (C=O) groups excluding carboxylic acids is 4. The molecule has 0 radical (unpaired) electrons. The number of hydrogen-bond acceptors (Lipinski definition) is 4. The molecule has 6 nitrogen and oxygen atoms in total. The fraction of sp³-hybridized carbons (Fsp3) is 0.500. The Kier molecular flexibility index (Phi) is 3.04. The second-order valence-corrected chi connectivity index (χ2v) is 8.14. The zero-order chi connectivity index (χ0) is 18.3. The maximum atomic E-state index is 13.2. The largest absolute Gasteiger partial charge is 0.285 e. The zero-order valence-corrected chi connectivity index (χ0v) is 14.7. The summed E-state index contributed by atoms with van der Waals surface area (Å²) in [6.07, 6.45) is 0.974. The third-order valence-corrected chi connectivity index (χ3v) is 6.98. The number of likely N-dealkylation sites (tertiary alicyclic amines) is 1. The molecule has 6 atom stereocenters. The first-order valence-corrected chi connectivity index (χ1v) is 9.16. The number of anilines is 1. The molecule has 2 heterocycles. The number of rotatable bonds is 1. The van der Waals surface area contributed by atoms with E-state index in [0.717, 1.165) is 5.56 Å². The second-order valence-electron chi connectivity index (χ2n) is 8.14. The molecule has 2 saturated heterocycles. The van der Waals surface area contributed by atoms with Crippen LogP contribution in [-0.4, -0.2) is 35.6 Å². The van der Waals surface area contributed by atoms with Gasteiger partial charge in [-0.15, -0.1) is 0 Å². The highest BCUT2D eigenvalue weighted by molar-refractivity contribution is 6.19. The van der Waals surface area contributed by atoms with E-state index in [2.05, 4.69) is 0 Å². The number of nitrogens with zero attached hydrogens (tertiary/aromatic N) is 2. The minimum atomic E-state index is -0.345. The lowest BCUT2D eigenvalue weighted by atomic mass is 9.83. The van der Waals surface area contributed by atoms with Crippen LogP contribution in [-0.2, 0) is 19.2 Å². The second kappa shape index (κ2) is 5.02. The van der Waals surface area contributed by atoms with Crippen molar-refractivity contribution in [2.75, 3.05) is 11.9 Å². The van der Waals surface area contributed by atoms with E-state index in [-0.39, 0.29) is 59.1 Å². The Bertz CT molecular complexity index is 815. The molecule has 6 unspecified atom stereocenters. The summed E-state index contributed by atoms with van der Waals surface area (Å²) in [4.78, 5) is 54.0. The lowest BCUT2D eigenvalue weighted by Gasteiger charge is -2.35. The zero-order valence-electron chi connectivity index (χ0n) is 14.7. The maximum Gasteiger partial charge on any atom is 0.237 e. The average molecular weight is 352 g/mol. The number of amides is 4. The SMILES string of the molecule is Cc1ccc(N2C(=O)C3CC(C2=O)C2C4CC(C(=O)N(C)C4=O)C32)cc1. The topological polar surface area (TPSA) is 74.8 Å². The summed E-state index contributed by atoms with van der Waals surface area (Å²) < 4.78 is 0. The van der Waals surface area contributed by atoms with E-state index in [1.54, 1.807) is 12.1 Å². The highest BCUT2D eigenvalue weighted by Gasteiger charge is 2.68. The third-order valence-electron chi connectivity index (χ3n) is 6.98. The van der Waals surface area contributed by atoms with Gasteiger partial charge in [0, 0.05) is 30.7 Å². The lowest BCUT2D eigenvalue weighted by molar-refractivity contribution is -0.152. The van der Waals surface area contributed by atoms with Gasteiger partial charge in [-0.3, -0.25) is 29.0 Å². The van der Waals surface area contributed by atoms with E-state index in [0.29, 0.717) is 18.5 Å². The molecule has 1 aromatic rings. The molecular formula is C20H20N2O4. The Labute approximate surface area is 151 Å². The molecule has 1 aromatic carbocycles. The number of imide groups is 2. The van der Waals surface area contributed by atoms with Crippen LogP contribution in [0.25, 0.3) is 0 Å². The van der Waals surface area contributed by atoms with Crippen LogP contribution in [0.15, 0.2) is 24.3 Å². The van der Waals surface area contributed by atoms with Gasteiger partial charge in [0.15, 0.2) is 0 Å². The van der Waals surface area contributed by atoms with Crippen LogP contribution in [0.4, 0.5) is 5.69 Å². The first kappa shape index (κ1) is 15.7. The van der Waals surface area contributed by atoms with Crippen molar-refractivity contribution in [2.45, 2.75) is 19.8 Å². The number of piperidine rings is 2. The molecule has 2 aliphatic heterocycles. The van der Waals surface area contributed by atoms with Crippen molar-refractivity contribution < 1.29 is 19.2 Å². The number of aryl methyl sites for hydroxylation is 1. The van der Waals surface area contributed by atoms with Crippen molar-refractivity contribution >= 4 is 29.3 Å². The van der Waals surface area contributed by atoms with E-state index in [9.17, 15) is 19.2 Å². The smallest absolute Gasteiger partial charge is 0.237 e. The average Bonchev–Trinajstić information content (AvgIpc) is 3.15. The van der Waals surface area contributed by atoms with Gasteiger partial charge in [0.25, 0.3) is 0 Å². The van der Waals surface area contributed by atoms with Crippen LogP contribution >= 0.6 is 0 Å². The van der Waals surface area contributed by atoms with E-state index in [1.807, 2.05) is 19.1 Å². The van der Waals surface area contributed by atoms with E-state index in [4.69, 9.17) is 0 Å². The summed E-state index contributed by atoms with van der Waals surface area (Å²) in [5.41, 5.74) is 1.64. The van der Waals surface area contributed by atoms with Gasteiger partial charge < -0.3 is 0 Å². The highest BCUT2D eigenvalue weighted by atomic mass is 16.2. The van der Waals surface area contributed by atoms with Gasteiger partial charge in [-0.05, 0) is 43.7 Å². The molecule has 0 aromatic heterocycles. The summed E-state index contributed by atoms with van der Waals surface area (Å²) in [6.45, 7) is 1.95. The van der Waals surface area contributed by atoms with Crippen LogP contribution < -0.4 is 4.90 Å². The van der Waals surface area contributed by atoms with Crippen molar-refractivity contribution in [2.24, 2.45) is 35.5 Å². The minimum absolute atomic E-state index is 0.182. The Hall–Kier alpha value is -2.50. The standard InChI is InChI=1S/C20H20N2O4/c1-9-3-5-10(6-4-9)22-19(25)13-8-14(20(22)26)16-12-7-11(15(13)16)17(23)21(2)18(12)24/h3-6,11-16H,7-8H2,1-2H3. The molecule has 6 heteroatoms. The van der Waals surface area contributed by atoms with Gasteiger partial charge in [0.1, 0.15) is 0 Å². The summed E-state index contributed by atoms with van der Waals surface area (Å²) in [5.74, 6) is -2.46. The lowest BCUT2D eigenvalue weighted by Crippen LogP contribution is -2.51. The molecule has 134 valence electrons. The van der Waals surface area contributed by atoms with Gasteiger partial charge >= 0.3 is 0 Å². The molecule has 0 N–H and O–H groups in total. The summed E-state index contributed by atoms with van der Waals surface area (Å²) in [6, 6.07) is 7.33. The Balaban J connectivity index is 1.58. The molecule has 5 rings (SSSR count). The van der Waals surface area contributed by atoms with Crippen LogP contribution in [0.1, 0.15) is 18.4 Å². The quantitative estimate of drug-likeness (QED) is 0.565. The summed E-state index contributed by atoms with van der Waals surface area (Å²) in [5, 5.41) is 0. The van der Waals surface area contributed by atoms with Crippen LogP contribution in [0, 0.1) is 42.4 Å². The van der Waals surface area contributed by atoms with Crippen LogP contribution in [0.5, 0.6) is 0 Å². The number of carbonyl (C=O) groups is 4. The number of fused-ring (bicyclic) bond motifs is 9. The molecule has 4 aliphatic rings. The molecule has 26 heavy (non-hydrogen) atoms. The predicted octanol–water partition coefficient (Wildman–Crippen LogP) is 1.37. The van der Waals surface area contributed by atoms with Gasteiger partial charge in [-0.25, -0.2) is 0 Å². The molecule has 4 amide bonds. The van der Waals surface area contributed by atoms with Crippen molar-refractivity contribution in [3.05, 3.63) is 29.8 Å². The van der Waals surface area contributed by atoms with Crippen molar-refractivity contribution in [3.63, 3.8) is 0 Å². The van der Waals surface area contributed by atoms with Gasteiger partial charge in [-0.1, -0.05) is 17.7 Å². The predicted molar refractivity (Wildman–Crippen MR) is 91.6 cm³/mol. The summed E-state index contributed by atoms with van der Waals surface area (Å²) in [7, 11) is 1.52. The molecule has 0 spiro atoms. The van der Waals surface area contributed by atoms with Gasteiger partial charge in [-0.2, -0.15) is 0 Å². The van der Waals surface area contributed by atoms with Crippen molar-refractivity contribution in [1.29, 1.82) is 0 Å². The Morgan fingerprint density at radius 3 is 1.62 bits per heavy atom. The molecular weight excluding hydrogens is 332 g/mol. The Morgan fingerprint density at radius 2 is 1.15 bits per heavy atom. The van der Waals surface area contributed by atoms with Crippen LogP contribution in [0.3, 0.4) is 0 Å². The van der Waals surface area contributed by atoms with Crippen LogP contribution in [0.2, 0.25) is 0 Å². The van der Waals surface area contributed by atoms with Crippen molar-refractivity contribution in [3.8, 4) is 0 Å². The van der Waals surface area contributed by atoms with E-state index >= 15 is 0 Å². The summed E-state index contributed by atoms with van der Waals surface area (Å²) >= 11 is 0. The minimum Gasteiger partial charge on any atom is -0.285 e. The fourth-order valence-electron chi connectivity index (χ4n) is 5.87. The monoisotopic (exact) mass is 352 g/mol. The van der Waals surface area contributed by atoms with Crippen molar-refractivity contribution in [1.82, 2.24) is 4.90 Å². The first-order valence-electron chi connectivity index (χ1n) is 9.16. The highest BCUT2D eigenvalue weighted by Crippen LogP contribution is 2.61. The molecule has 4 bridgehead atoms. The first-order chi connectivity index (χ1) is 12.4. The van der Waals surface area contributed by atoms with E-state index in [1.165, 1.54) is 16.8 Å². The molecule has 2 aliphatic carbocycles. The van der Waals surface area contributed by atoms with Gasteiger partial charge in [0.05, 0.1) is 5.69 Å².